The maximum absolute atomic E-state index is 12.6. The molecule has 0 aromatic heterocycles. The van der Waals surface area contributed by atoms with Crippen LogP contribution in [-0.4, -0.2) is 40.9 Å². The van der Waals surface area contributed by atoms with Crippen LogP contribution in [-0.2, 0) is 11.3 Å². The van der Waals surface area contributed by atoms with E-state index in [-0.39, 0.29) is 0 Å². The summed E-state index contributed by atoms with van der Waals surface area (Å²) in [5.41, 5.74) is 1.38. The van der Waals surface area contributed by atoms with Gasteiger partial charge in [-0.25, -0.2) is 0 Å². The minimum Gasteiger partial charge on any atom is -0.339 e. The van der Waals surface area contributed by atoms with Gasteiger partial charge in [0.2, 0.25) is 5.91 Å². The second kappa shape index (κ2) is 6.04. The summed E-state index contributed by atoms with van der Waals surface area (Å²) < 4.78 is 0. The van der Waals surface area contributed by atoms with E-state index >= 15 is 0 Å². The van der Waals surface area contributed by atoms with E-state index in [4.69, 9.17) is 0 Å². The molecule has 0 aliphatic carbocycles. The molecular formula is C19H26N2O. The highest BCUT2D eigenvalue weighted by molar-refractivity contribution is 5.78. The molecule has 0 N–H and O–H groups in total. The summed E-state index contributed by atoms with van der Waals surface area (Å²) in [4.78, 5) is 17.4. The van der Waals surface area contributed by atoms with Gasteiger partial charge in [0.05, 0.1) is 0 Å². The molecule has 1 aromatic rings. The van der Waals surface area contributed by atoms with Crippen LogP contribution in [0.25, 0.3) is 0 Å². The van der Waals surface area contributed by atoms with Crippen molar-refractivity contribution < 1.29 is 4.79 Å². The Morgan fingerprint density at radius 2 is 1.82 bits per heavy atom. The van der Waals surface area contributed by atoms with Crippen LogP contribution in [0.15, 0.2) is 30.3 Å². The van der Waals surface area contributed by atoms with Crippen LogP contribution in [0.1, 0.15) is 44.1 Å². The minimum absolute atomic E-state index is 0.408. The first kappa shape index (κ1) is 14.3. The quantitative estimate of drug-likeness (QED) is 0.838. The number of hydrogen-bond acceptors (Lipinski definition) is 2. The third kappa shape index (κ3) is 2.56. The van der Waals surface area contributed by atoms with Gasteiger partial charge >= 0.3 is 0 Å². The van der Waals surface area contributed by atoms with Crippen molar-refractivity contribution in [3.05, 3.63) is 35.9 Å². The smallest absolute Gasteiger partial charge is 0.224 e. The summed E-state index contributed by atoms with van der Waals surface area (Å²) in [6, 6.07) is 11.7. The molecule has 1 amide bonds. The monoisotopic (exact) mass is 298 g/mol. The Labute approximate surface area is 133 Å². The van der Waals surface area contributed by atoms with Crippen LogP contribution in [0.5, 0.6) is 0 Å². The minimum atomic E-state index is 0.408. The second-order valence-corrected chi connectivity index (χ2v) is 7.18. The van der Waals surface area contributed by atoms with Gasteiger partial charge in [0.15, 0.2) is 0 Å². The average Bonchev–Trinajstić information content (AvgIpc) is 2.57. The van der Waals surface area contributed by atoms with Gasteiger partial charge in [-0.2, -0.15) is 0 Å². The highest BCUT2D eigenvalue weighted by Crippen LogP contribution is 2.39. The van der Waals surface area contributed by atoms with Gasteiger partial charge in [-0.15, -0.1) is 0 Å². The number of benzene rings is 1. The fourth-order valence-corrected chi connectivity index (χ4v) is 4.91. The maximum atomic E-state index is 12.6. The van der Waals surface area contributed by atoms with Crippen molar-refractivity contribution >= 4 is 5.91 Å². The molecule has 1 aromatic carbocycles. The first-order valence-electron chi connectivity index (χ1n) is 8.90. The number of carbonyl (C=O) groups excluding carboxylic acids is 1. The first-order chi connectivity index (χ1) is 10.8. The number of carbonyl (C=O) groups is 1. The molecule has 22 heavy (non-hydrogen) atoms. The molecule has 3 heteroatoms. The summed E-state index contributed by atoms with van der Waals surface area (Å²) in [6.07, 6.45) is 7.07. The summed E-state index contributed by atoms with van der Waals surface area (Å²) in [7, 11) is 0. The number of nitrogens with zero attached hydrogens (tertiary/aromatic N) is 2. The Balaban J connectivity index is 1.54. The van der Waals surface area contributed by atoms with Gasteiger partial charge in [0.1, 0.15) is 0 Å². The van der Waals surface area contributed by atoms with E-state index in [9.17, 15) is 4.79 Å². The van der Waals surface area contributed by atoms with Crippen molar-refractivity contribution in [1.82, 2.24) is 9.80 Å². The number of hydrogen-bond donors (Lipinski definition) is 0. The molecule has 0 radical (unpaired) electrons. The molecule has 3 atom stereocenters. The summed E-state index contributed by atoms with van der Waals surface area (Å²) >= 11 is 0. The van der Waals surface area contributed by atoms with Crippen molar-refractivity contribution in [1.29, 1.82) is 0 Å². The Morgan fingerprint density at radius 3 is 2.68 bits per heavy atom. The number of piperidine rings is 3. The largest absolute Gasteiger partial charge is 0.339 e. The lowest BCUT2D eigenvalue weighted by Gasteiger charge is -2.53. The number of likely N-dealkylation sites (tertiary alicyclic amines) is 1. The van der Waals surface area contributed by atoms with Crippen molar-refractivity contribution in [2.45, 2.75) is 57.2 Å². The molecule has 118 valence electrons. The molecule has 3 heterocycles. The molecule has 3 aliphatic rings. The number of fused-ring (bicyclic) bond motifs is 3. The molecule has 3 saturated heterocycles. The molecule has 3 fully saturated rings. The van der Waals surface area contributed by atoms with Gasteiger partial charge in [-0.05, 0) is 50.1 Å². The SMILES string of the molecule is O=C1C[C@@H]2[C@H](CCCN2Cc2ccccc2)[C@H]2CCCCN12. The highest BCUT2D eigenvalue weighted by Gasteiger charge is 2.46. The zero-order valence-corrected chi connectivity index (χ0v) is 13.3. The third-order valence-corrected chi connectivity index (χ3v) is 5.92. The lowest BCUT2D eigenvalue weighted by molar-refractivity contribution is -0.148. The lowest BCUT2D eigenvalue weighted by Crippen LogP contribution is -2.61. The van der Waals surface area contributed by atoms with Crippen molar-refractivity contribution in [2.24, 2.45) is 5.92 Å². The zero-order chi connectivity index (χ0) is 14.9. The molecule has 3 nitrogen and oxygen atoms in total. The molecule has 0 saturated carbocycles. The zero-order valence-electron chi connectivity index (χ0n) is 13.3. The third-order valence-electron chi connectivity index (χ3n) is 5.92. The lowest BCUT2D eigenvalue weighted by atomic mass is 9.74. The van der Waals surface area contributed by atoms with Crippen molar-refractivity contribution in [3.8, 4) is 0 Å². The predicted molar refractivity (Wildman–Crippen MR) is 87.3 cm³/mol. The van der Waals surface area contributed by atoms with Gasteiger partial charge in [-0.1, -0.05) is 30.3 Å². The summed E-state index contributed by atoms with van der Waals surface area (Å²) in [6.45, 7) is 3.16. The van der Waals surface area contributed by atoms with E-state index in [2.05, 4.69) is 40.1 Å². The van der Waals surface area contributed by atoms with Crippen LogP contribution >= 0.6 is 0 Å². The van der Waals surface area contributed by atoms with Crippen molar-refractivity contribution in [2.75, 3.05) is 13.1 Å². The van der Waals surface area contributed by atoms with Gasteiger partial charge in [0.25, 0.3) is 0 Å². The van der Waals surface area contributed by atoms with E-state index < -0.39 is 0 Å². The highest BCUT2D eigenvalue weighted by atomic mass is 16.2. The predicted octanol–water partition coefficient (Wildman–Crippen LogP) is 3.05. The van der Waals surface area contributed by atoms with E-state index in [0.29, 0.717) is 23.9 Å². The topological polar surface area (TPSA) is 23.6 Å². The van der Waals surface area contributed by atoms with Gasteiger partial charge in [-0.3, -0.25) is 9.69 Å². The van der Waals surface area contributed by atoms with Gasteiger partial charge in [0, 0.05) is 31.6 Å². The van der Waals surface area contributed by atoms with Crippen LogP contribution < -0.4 is 0 Å². The second-order valence-electron chi connectivity index (χ2n) is 7.18. The van der Waals surface area contributed by atoms with E-state index in [1.165, 1.54) is 37.7 Å². The Hall–Kier alpha value is -1.35. The van der Waals surface area contributed by atoms with Gasteiger partial charge < -0.3 is 4.90 Å². The normalized spacial score (nSPS) is 32.5. The van der Waals surface area contributed by atoms with E-state index in [1.807, 2.05) is 0 Å². The molecule has 3 aliphatic heterocycles. The molecule has 0 bridgehead atoms. The maximum Gasteiger partial charge on any atom is 0.224 e. The fraction of sp³-hybridized carbons (Fsp3) is 0.632. The molecule has 4 rings (SSSR count). The van der Waals surface area contributed by atoms with Crippen LogP contribution in [0, 0.1) is 5.92 Å². The number of rotatable bonds is 2. The van der Waals surface area contributed by atoms with Crippen LogP contribution in [0.4, 0.5) is 0 Å². The molecule has 0 spiro atoms. The Morgan fingerprint density at radius 1 is 0.955 bits per heavy atom. The van der Waals surface area contributed by atoms with Crippen molar-refractivity contribution in [3.63, 3.8) is 0 Å². The van der Waals surface area contributed by atoms with E-state index in [1.54, 1.807) is 0 Å². The van der Waals surface area contributed by atoms with E-state index in [0.717, 1.165) is 26.1 Å². The first-order valence-corrected chi connectivity index (χ1v) is 8.90. The summed E-state index contributed by atoms with van der Waals surface area (Å²) in [5.74, 6) is 1.11. The standard InChI is InChI=1S/C19H26N2O/c22-19-13-18-16(17-10-4-5-12-21(17)19)9-6-11-20(18)14-15-7-2-1-3-8-15/h1-3,7-8,16-18H,4-6,9-14H2/t16-,17-,18-/m1/s1. The number of amides is 1. The molecular weight excluding hydrogens is 272 g/mol. The van der Waals surface area contributed by atoms with Crippen LogP contribution in [0.3, 0.4) is 0 Å². The summed E-state index contributed by atoms with van der Waals surface area (Å²) in [5, 5.41) is 0. The van der Waals surface area contributed by atoms with Crippen LogP contribution in [0.2, 0.25) is 0 Å². The Kier molecular flexibility index (Phi) is 3.91. The molecule has 0 unspecified atom stereocenters. The fourth-order valence-electron chi connectivity index (χ4n) is 4.91. The Bertz CT molecular complexity index is 529. The average molecular weight is 298 g/mol.